The average Bonchev–Trinajstić information content (AvgIpc) is 2.37. The first kappa shape index (κ1) is 14.0. The minimum absolute atomic E-state index is 0.277. The summed E-state index contributed by atoms with van der Waals surface area (Å²) in [7, 11) is 0. The second-order valence-electron chi connectivity index (χ2n) is 5.64. The van der Waals surface area contributed by atoms with Gasteiger partial charge in [0.2, 0.25) is 0 Å². The Balaban J connectivity index is 2.11. The van der Waals surface area contributed by atoms with E-state index in [-0.39, 0.29) is 5.54 Å². The molecule has 0 spiro atoms. The third kappa shape index (κ3) is 3.14. The van der Waals surface area contributed by atoms with Crippen LogP contribution in [-0.2, 0) is 6.54 Å². The Hall–Kier alpha value is -0.380. The lowest BCUT2D eigenvalue weighted by Crippen LogP contribution is -2.61. The van der Waals surface area contributed by atoms with Gasteiger partial charge in [0.05, 0.1) is 0 Å². The summed E-state index contributed by atoms with van der Waals surface area (Å²) in [5.74, 6) is 0. The van der Waals surface area contributed by atoms with Crippen LogP contribution in [0, 0.1) is 0 Å². The highest BCUT2D eigenvalue weighted by Gasteiger charge is 2.34. The van der Waals surface area contributed by atoms with Crippen LogP contribution in [0.3, 0.4) is 0 Å². The first-order chi connectivity index (χ1) is 8.53. The van der Waals surface area contributed by atoms with Crippen molar-refractivity contribution in [1.29, 1.82) is 0 Å². The molecule has 0 saturated carbocycles. The Kier molecular flexibility index (Phi) is 4.46. The van der Waals surface area contributed by atoms with Crippen LogP contribution < -0.4 is 5.32 Å². The van der Waals surface area contributed by atoms with E-state index < -0.39 is 0 Å². The monoisotopic (exact) mass is 310 g/mol. The lowest BCUT2D eigenvalue weighted by Gasteiger charge is -2.47. The molecule has 1 aliphatic rings. The van der Waals surface area contributed by atoms with E-state index in [2.05, 4.69) is 71.2 Å². The molecule has 2 unspecified atom stereocenters. The number of rotatable bonds is 3. The van der Waals surface area contributed by atoms with E-state index in [9.17, 15) is 0 Å². The molecule has 1 aromatic carbocycles. The molecule has 1 saturated heterocycles. The molecule has 0 radical (unpaired) electrons. The summed E-state index contributed by atoms with van der Waals surface area (Å²) in [5.41, 5.74) is 1.67. The maximum atomic E-state index is 3.60. The van der Waals surface area contributed by atoms with Crippen molar-refractivity contribution in [3.05, 3.63) is 34.3 Å². The average molecular weight is 311 g/mol. The lowest BCUT2D eigenvalue weighted by molar-refractivity contribution is 0.0453. The van der Waals surface area contributed by atoms with Crippen molar-refractivity contribution in [2.24, 2.45) is 0 Å². The molecule has 18 heavy (non-hydrogen) atoms. The maximum Gasteiger partial charge on any atom is 0.0307 e. The van der Waals surface area contributed by atoms with Crippen molar-refractivity contribution in [3.63, 3.8) is 0 Å². The van der Waals surface area contributed by atoms with Gasteiger partial charge in [0.15, 0.2) is 0 Å². The second kappa shape index (κ2) is 5.72. The molecule has 2 rings (SSSR count). The van der Waals surface area contributed by atoms with E-state index in [1.807, 2.05) is 0 Å². The van der Waals surface area contributed by atoms with Crippen LogP contribution in [0.1, 0.15) is 32.8 Å². The summed E-state index contributed by atoms with van der Waals surface area (Å²) < 4.78 is 1.15. The first-order valence-corrected chi connectivity index (χ1v) is 7.56. The maximum absolute atomic E-state index is 3.60. The highest BCUT2D eigenvalue weighted by atomic mass is 79.9. The minimum atomic E-state index is 0.277. The van der Waals surface area contributed by atoms with E-state index in [4.69, 9.17) is 0 Å². The van der Waals surface area contributed by atoms with Gasteiger partial charge in [0.1, 0.15) is 0 Å². The molecule has 2 atom stereocenters. The van der Waals surface area contributed by atoms with Gasteiger partial charge in [0, 0.05) is 35.7 Å². The van der Waals surface area contributed by atoms with E-state index in [0.29, 0.717) is 6.04 Å². The summed E-state index contributed by atoms with van der Waals surface area (Å²) in [6.07, 6.45) is 1.18. The van der Waals surface area contributed by atoms with Crippen LogP contribution in [0.15, 0.2) is 28.7 Å². The number of piperazine rings is 1. The highest BCUT2D eigenvalue weighted by Crippen LogP contribution is 2.25. The molecule has 0 aliphatic carbocycles. The van der Waals surface area contributed by atoms with Crippen LogP contribution in [0.4, 0.5) is 0 Å². The molecule has 1 fully saturated rings. The van der Waals surface area contributed by atoms with Crippen molar-refractivity contribution in [2.45, 2.75) is 45.3 Å². The van der Waals surface area contributed by atoms with Gasteiger partial charge in [-0.1, -0.05) is 35.0 Å². The Bertz CT molecular complexity index is 390. The van der Waals surface area contributed by atoms with E-state index in [0.717, 1.165) is 24.1 Å². The first-order valence-electron chi connectivity index (χ1n) is 6.76. The Morgan fingerprint density at radius 2 is 2.06 bits per heavy atom. The zero-order chi connectivity index (χ0) is 13.2. The number of halogens is 1. The number of hydrogen-bond donors (Lipinski definition) is 1. The molecule has 0 amide bonds. The Morgan fingerprint density at radius 3 is 2.67 bits per heavy atom. The molecule has 1 aliphatic heterocycles. The van der Waals surface area contributed by atoms with Crippen molar-refractivity contribution < 1.29 is 0 Å². The topological polar surface area (TPSA) is 15.3 Å². The van der Waals surface area contributed by atoms with Crippen LogP contribution in [-0.4, -0.2) is 29.6 Å². The highest BCUT2D eigenvalue weighted by molar-refractivity contribution is 9.10. The molecule has 3 heteroatoms. The fraction of sp³-hybridized carbons (Fsp3) is 0.600. The second-order valence-corrected chi connectivity index (χ2v) is 6.56. The molecule has 100 valence electrons. The van der Waals surface area contributed by atoms with E-state index in [1.165, 1.54) is 12.0 Å². The van der Waals surface area contributed by atoms with Gasteiger partial charge in [-0.2, -0.15) is 0 Å². The smallest absolute Gasteiger partial charge is 0.0307 e. The summed E-state index contributed by atoms with van der Waals surface area (Å²) in [6.45, 7) is 10.2. The van der Waals surface area contributed by atoms with Crippen LogP contribution >= 0.6 is 15.9 Å². The molecule has 2 nitrogen and oxygen atoms in total. The molecule has 1 N–H and O–H groups in total. The quantitative estimate of drug-likeness (QED) is 0.920. The zero-order valence-corrected chi connectivity index (χ0v) is 13.1. The van der Waals surface area contributed by atoms with Crippen LogP contribution in [0.25, 0.3) is 0 Å². The Morgan fingerprint density at radius 1 is 1.39 bits per heavy atom. The molecule has 1 heterocycles. The fourth-order valence-electron chi connectivity index (χ4n) is 2.54. The third-order valence-electron chi connectivity index (χ3n) is 4.14. The summed E-state index contributed by atoms with van der Waals surface area (Å²) in [6, 6.07) is 9.27. The minimum Gasteiger partial charge on any atom is -0.311 e. The van der Waals surface area contributed by atoms with Gasteiger partial charge in [-0.3, -0.25) is 4.90 Å². The van der Waals surface area contributed by atoms with E-state index >= 15 is 0 Å². The van der Waals surface area contributed by atoms with Crippen molar-refractivity contribution in [3.8, 4) is 0 Å². The molecular weight excluding hydrogens is 288 g/mol. The SMILES string of the molecule is CCC1(C)CNC(C)CN1Cc1ccc(Br)cc1. The lowest BCUT2D eigenvalue weighted by atomic mass is 9.92. The van der Waals surface area contributed by atoms with Gasteiger partial charge in [0.25, 0.3) is 0 Å². The standard InChI is InChI=1S/C15H23BrN2/c1-4-15(3)11-17-12(2)9-18(15)10-13-5-7-14(16)8-6-13/h5-8,12,17H,4,9-11H2,1-3H3. The predicted molar refractivity (Wildman–Crippen MR) is 80.7 cm³/mol. The van der Waals surface area contributed by atoms with Gasteiger partial charge in [-0.25, -0.2) is 0 Å². The third-order valence-corrected chi connectivity index (χ3v) is 4.67. The number of hydrogen-bond acceptors (Lipinski definition) is 2. The van der Waals surface area contributed by atoms with Gasteiger partial charge < -0.3 is 5.32 Å². The van der Waals surface area contributed by atoms with Crippen molar-refractivity contribution in [2.75, 3.05) is 13.1 Å². The number of nitrogens with one attached hydrogen (secondary N) is 1. The largest absolute Gasteiger partial charge is 0.311 e. The normalized spacial score (nSPS) is 29.4. The molecule has 0 bridgehead atoms. The predicted octanol–water partition coefficient (Wildman–Crippen LogP) is 3.41. The van der Waals surface area contributed by atoms with Crippen LogP contribution in [0.2, 0.25) is 0 Å². The summed E-state index contributed by atoms with van der Waals surface area (Å²) >= 11 is 3.49. The van der Waals surface area contributed by atoms with Crippen LogP contribution in [0.5, 0.6) is 0 Å². The van der Waals surface area contributed by atoms with Gasteiger partial charge in [-0.15, -0.1) is 0 Å². The van der Waals surface area contributed by atoms with E-state index in [1.54, 1.807) is 0 Å². The summed E-state index contributed by atoms with van der Waals surface area (Å²) in [5, 5.41) is 3.60. The number of benzene rings is 1. The van der Waals surface area contributed by atoms with Crippen molar-refractivity contribution in [1.82, 2.24) is 10.2 Å². The zero-order valence-electron chi connectivity index (χ0n) is 11.5. The van der Waals surface area contributed by atoms with Crippen molar-refractivity contribution >= 4 is 15.9 Å². The van der Waals surface area contributed by atoms with Gasteiger partial charge >= 0.3 is 0 Å². The fourth-order valence-corrected chi connectivity index (χ4v) is 2.80. The molecule has 0 aromatic heterocycles. The Labute approximate surface area is 119 Å². The molecular formula is C15H23BrN2. The molecule has 1 aromatic rings. The number of nitrogens with zero attached hydrogens (tertiary/aromatic N) is 1. The van der Waals surface area contributed by atoms with Gasteiger partial charge in [-0.05, 0) is 38.0 Å². The summed E-state index contributed by atoms with van der Waals surface area (Å²) in [4.78, 5) is 2.62.